The fraction of sp³-hybridized carbons (Fsp3) is 0.667. The van der Waals surface area contributed by atoms with Gasteiger partial charge in [-0.1, -0.05) is 0 Å². The van der Waals surface area contributed by atoms with Crippen LogP contribution in [0.4, 0.5) is 23.8 Å². The van der Waals surface area contributed by atoms with E-state index in [1.54, 1.807) is 25.7 Å². The van der Waals surface area contributed by atoms with Crippen molar-refractivity contribution < 1.29 is 23.1 Å². The predicted molar refractivity (Wildman–Crippen MR) is 79.3 cm³/mol. The molecule has 1 saturated heterocycles. The molecule has 0 unspecified atom stereocenters. The van der Waals surface area contributed by atoms with E-state index in [1.165, 1.54) is 4.90 Å². The molecule has 0 radical (unpaired) electrons. The van der Waals surface area contributed by atoms with Crippen molar-refractivity contribution in [3.63, 3.8) is 0 Å². The SMILES string of the molecule is CC(C)(C)N(C(=O)[O-])C1CCN(c2cc(C(F)(F)F)ncn2)CC1. The van der Waals surface area contributed by atoms with Gasteiger partial charge in [0, 0.05) is 30.7 Å². The van der Waals surface area contributed by atoms with Gasteiger partial charge < -0.3 is 19.7 Å². The number of carbonyl (C=O) groups excluding carboxylic acids is 1. The van der Waals surface area contributed by atoms with E-state index in [1.807, 2.05) is 0 Å². The molecule has 0 atom stereocenters. The fourth-order valence-electron chi connectivity index (χ4n) is 3.00. The number of anilines is 1. The van der Waals surface area contributed by atoms with Crippen LogP contribution in [-0.4, -0.2) is 45.6 Å². The van der Waals surface area contributed by atoms with Gasteiger partial charge in [-0.15, -0.1) is 0 Å². The number of nitrogens with zero attached hydrogens (tertiary/aromatic N) is 4. The molecule has 0 aromatic carbocycles. The Morgan fingerprint density at radius 1 is 1.25 bits per heavy atom. The third kappa shape index (κ3) is 4.07. The zero-order chi connectivity index (χ0) is 18.1. The van der Waals surface area contributed by atoms with E-state index in [-0.39, 0.29) is 11.9 Å². The molecule has 134 valence electrons. The highest BCUT2D eigenvalue weighted by Crippen LogP contribution is 2.30. The largest absolute Gasteiger partial charge is 0.530 e. The number of rotatable bonds is 2. The summed E-state index contributed by atoms with van der Waals surface area (Å²) in [7, 11) is 0. The van der Waals surface area contributed by atoms with Crippen molar-refractivity contribution in [1.29, 1.82) is 0 Å². The highest BCUT2D eigenvalue weighted by Gasteiger charge is 2.35. The molecule has 6 nitrogen and oxygen atoms in total. The Bertz CT molecular complexity index is 593. The second-order valence-electron chi connectivity index (χ2n) is 6.78. The lowest BCUT2D eigenvalue weighted by Gasteiger charge is -2.47. The van der Waals surface area contributed by atoms with E-state index in [0.29, 0.717) is 25.9 Å². The van der Waals surface area contributed by atoms with Crippen LogP contribution in [-0.2, 0) is 6.18 Å². The maximum atomic E-state index is 12.7. The molecule has 0 spiro atoms. The van der Waals surface area contributed by atoms with Gasteiger partial charge in [0.05, 0.1) is 0 Å². The monoisotopic (exact) mass is 345 g/mol. The molecule has 1 aliphatic rings. The molecule has 2 rings (SSSR count). The van der Waals surface area contributed by atoms with Crippen LogP contribution in [0.25, 0.3) is 0 Å². The Morgan fingerprint density at radius 3 is 2.29 bits per heavy atom. The lowest BCUT2D eigenvalue weighted by Crippen LogP contribution is -2.58. The average Bonchev–Trinajstić information content (AvgIpc) is 2.45. The Balaban J connectivity index is 2.09. The summed E-state index contributed by atoms with van der Waals surface area (Å²) in [6.07, 6.45) is -3.86. The average molecular weight is 345 g/mol. The van der Waals surface area contributed by atoms with Gasteiger partial charge in [0.2, 0.25) is 0 Å². The molecule has 2 heterocycles. The van der Waals surface area contributed by atoms with E-state index >= 15 is 0 Å². The van der Waals surface area contributed by atoms with Gasteiger partial charge in [0.15, 0.2) is 0 Å². The van der Waals surface area contributed by atoms with Crippen molar-refractivity contribution >= 4 is 11.9 Å². The van der Waals surface area contributed by atoms with Gasteiger partial charge in [-0.05, 0) is 33.6 Å². The third-order valence-electron chi connectivity index (χ3n) is 4.02. The van der Waals surface area contributed by atoms with Crippen LogP contribution in [0.2, 0.25) is 0 Å². The van der Waals surface area contributed by atoms with Crippen LogP contribution in [0.15, 0.2) is 12.4 Å². The quantitative estimate of drug-likeness (QED) is 0.819. The van der Waals surface area contributed by atoms with Gasteiger partial charge >= 0.3 is 6.18 Å². The molecule has 0 aliphatic carbocycles. The summed E-state index contributed by atoms with van der Waals surface area (Å²) >= 11 is 0. The third-order valence-corrected chi connectivity index (χ3v) is 4.02. The zero-order valence-corrected chi connectivity index (χ0v) is 13.8. The predicted octanol–water partition coefficient (Wildman–Crippen LogP) is 1.91. The normalized spacial score (nSPS) is 17.0. The fourth-order valence-corrected chi connectivity index (χ4v) is 3.00. The summed E-state index contributed by atoms with van der Waals surface area (Å²) in [5.41, 5.74) is -1.58. The Morgan fingerprint density at radius 2 is 1.83 bits per heavy atom. The van der Waals surface area contributed by atoms with Crippen LogP contribution in [0, 0.1) is 0 Å². The van der Waals surface area contributed by atoms with E-state index in [9.17, 15) is 23.1 Å². The van der Waals surface area contributed by atoms with Crippen LogP contribution in [0.3, 0.4) is 0 Å². The Hall–Kier alpha value is -2.06. The molecule has 9 heteroatoms. The summed E-state index contributed by atoms with van der Waals surface area (Å²) in [6, 6.07) is 0.691. The molecule has 1 aliphatic heterocycles. The summed E-state index contributed by atoms with van der Waals surface area (Å²) in [6.45, 7) is 6.19. The first-order valence-electron chi connectivity index (χ1n) is 7.64. The molecule has 0 N–H and O–H groups in total. The maximum absolute atomic E-state index is 12.7. The molecule has 1 amide bonds. The van der Waals surface area contributed by atoms with Gasteiger partial charge in [0.1, 0.15) is 23.9 Å². The Labute approximate surface area is 138 Å². The van der Waals surface area contributed by atoms with Crippen molar-refractivity contribution in [3.05, 3.63) is 18.1 Å². The standard InChI is InChI=1S/C15H21F3N4O2/c1-14(2,3)22(13(23)24)10-4-6-21(7-5-10)12-8-11(15(16,17)18)19-9-20-12/h8-10H,4-7H2,1-3H3,(H,23,24)/p-1. The van der Waals surface area contributed by atoms with E-state index in [4.69, 9.17) is 0 Å². The first kappa shape index (κ1) is 18.3. The van der Waals surface area contributed by atoms with E-state index < -0.39 is 23.5 Å². The van der Waals surface area contributed by atoms with Crippen LogP contribution < -0.4 is 10.0 Å². The molecule has 1 aromatic rings. The summed E-state index contributed by atoms with van der Waals surface area (Å²) in [5.74, 6) is 0.200. The smallest absolute Gasteiger partial charge is 0.433 e. The summed E-state index contributed by atoms with van der Waals surface area (Å²) in [5, 5.41) is 11.4. The molecule has 0 bridgehead atoms. The summed E-state index contributed by atoms with van der Waals surface area (Å²) in [4.78, 5) is 21.6. The van der Waals surface area contributed by atoms with Crippen LogP contribution in [0.1, 0.15) is 39.3 Å². The Kier molecular flexibility index (Phi) is 4.91. The first-order valence-corrected chi connectivity index (χ1v) is 7.64. The first-order chi connectivity index (χ1) is 11.0. The van der Waals surface area contributed by atoms with Gasteiger partial charge in [-0.3, -0.25) is 0 Å². The number of hydrogen-bond acceptors (Lipinski definition) is 5. The van der Waals surface area contributed by atoms with Crippen LogP contribution >= 0.6 is 0 Å². The van der Waals surface area contributed by atoms with Crippen molar-refractivity contribution in [2.24, 2.45) is 0 Å². The number of carbonyl (C=O) groups is 1. The number of aromatic nitrogens is 2. The van der Waals surface area contributed by atoms with Crippen molar-refractivity contribution in [2.45, 2.75) is 51.4 Å². The second kappa shape index (κ2) is 6.45. The van der Waals surface area contributed by atoms with Gasteiger partial charge in [-0.25, -0.2) is 9.97 Å². The molecular weight excluding hydrogens is 325 g/mol. The lowest BCUT2D eigenvalue weighted by atomic mass is 9.97. The second-order valence-corrected chi connectivity index (χ2v) is 6.78. The van der Waals surface area contributed by atoms with E-state index in [2.05, 4.69) is 9.97 Å². The maximum Gasteiger partial charge on any atom is 0.433 e. The van der Waals surface area contributed by atoms with E-state index in [0.717, 1.165) is 12.4 Å². The number of carboxylic acid groups (broad SMARTS) is 1. The minimum absolute atomic E-state index is 0.200. The highest BCUT2D eigenvalue weighted by molar-refractivity contribution is 5.64. The van der Waals surface area contributed by atoms with Gasteiger partial charge in [-0.2, -0.15) is 13.2 Å². The summed E-state index contributed by atoms with van der Waals surface area (Å²) < 4.78 is 38.2. The molecular formula is C15H20F3N4O2-. The highest BCUT2D eigenvalue weighted by atomic mass is 19.4. The van der Waals surface area contributed by atoms with Crippen molar-refractivity contribution in [2.75, 3.05) is 18.0 Å². The molecule has 1 fully saturated rings. The molecule has 24 heavy (non-hydrogen) atoms. The zero-order valence-electron chi connectivity index (χ0n) is 13.8. The van der Waals surface area contributed by atoms with Crippen molar-refractivity contribution in [1.82, 2.24) is 14.9 Å². The molecule has 0 saturated carbocycles. The lowest BCUT2D eigenvalue weighted by molar-refractivity contribution is -0.274. The van der Waals surface area contributed by atoms with Crippen LogP contribution in [0.5, 0.6) is 0 Å². The minimum atomic E-state index is -4.52. The number of alkyl halides is 3. The number of amides is 1. The number of piperidine rings is 1. The molecule has 1 aromatic heterocycles. The minimum Gasteiger partial charge on any atom is -0.530 e. The number of hydrogen-bond donors (Lipinski definition) is 0. The van der Waals surface area contributed by atoms with Gasteiger partial charge in [0.25, 0.3) is 0 Å². The topological polar surface area (TPSA) is 72.4 Å². The van der Waals surface area contributed by atoms with Crippen molar-refractivity contribution in [3.8, 4) is 0 Å². The number of halogens is 3.